The summed E-state index contributed by atoms with van der Waals surface area (Å²) in [6.07, 6.45) is 3.10. The normalized spacial score (nSPS) is 15.8. The summed E-state index contributed by atoms with van der Waals surface area (Å²) >= 11 is 0. The van der Waals surface area contributed by atoms with Gasteiger partial charge in [0.05, 0.1) is 19.0 Å². The van der Waals surface area contributed by atoms with Crippen LogP contribution in [0.5, 0.6) is 0 Å². The molecule has 0 unspecified atom stereocenters. The number of pyridine rings is 1. The Balaban J connectivity index is 1.68. The van der Waals surface area contributed by atoms with E-state index in [1.165, 1.54) is 10.5 Å². The first-order valence-corrected chi connectivity index (χ1v) is 9.35. The highest BCUT2D eigenvalue weighted by Gasteiger charge is 2.23. The van der Waals surface area contributed by atoms with Gasteiger partial charge in [-0.2, -0.15) is 4.31 Å². The van der Waals surface area contributed by atoms with E-state index in [2.05, 4.69) is 10.3 Å². The first-order chi connectivity index (χ1) is 11.5. The molecular weight excluding hydrogens is 334 g/mol. The molecule has 2 heterocycles. The van der Waals surface area contributed by atoms with Gasteiger partial charge in [0.2, 0.25) is 15.9 Å². The van der Waals surface area contributed by atoms with Crippen LogP contribution >= 0.6 is 0 Å². The van der Waals surface area contributed by atoms with Gasteiger partial charge in [-0.15, -0.1) is 0 Å². The van der Waals surface area contributed by atoms with Crippen LogP contribution in [-0.2, 0) is 19.6 Å². The number of sulfonamides is 1. The van der Waals surface area contributed by atoms with Gasteiger partial charge in [-0.25, -0.2) is 8.42 Å². The van der Waals surface area contributed by atoms with Crippen LogP contribution in [0.1, 0.15) is 23.2 Å². The number of nitrogens with zero attached hydrogens (tertiary/aromatic N) is 2. The smallest absolute Gasteiger partial charge is 0.220 e. The van der Waals surface area contributed by atoms with E-state index in [1.54, 1.807) is 18.3 Å². The molecule has 1 aromatic rings. The fourth-order valence-corrected chi connectivity index (χ4v) is 3.58. The molecule has 0 saturated carbocycles. The lowest BCUT2D eigenvalue weighted by Gasteiger charge is -2.26. The molecule has 2 rings (SSSR count). The minimum absolute atomic E-state index is 0.0192. The monoisotopic (exact) mass is 355 g/mol. The van der Waals surface area contributed by atoms with E-state index in [0.717, 1.165) is 0 Å². The number of carbonyl (C=O) groups excluding carboxylic acids is 2. The van der Waals surface area contributed by atoms with E-state index in [1.807, 2.05) is 0 Å². The lowest BCUT2D eigenvalue weighted by molar-refractivity contribution is -0.120. The number of morpholine rings is 1. The van der Waals surface area contributed by atoms with Crippen LogP contribution in [0.15, 0.2) is 24.5 Å². The van der Waals surface area contributed by atoms with E-state index in [0.29, 0.717) is 31.9 Å². The topological polar surface area (TPSA) is 106 Å². The lowest BCUT2D eigenvalue weighted by Crippen LogP contribution is -2.43. The maximum atomic E-state index is 12.1. The standard InChI is InChI=1S/C15H21N3O5S/c19-14(13-2-1-5-16-12-13)3-4-15(20)17-6-11-24(21,22)18-7-9-23-10-8-18/h1-2,5,12H,3-4,6-11H2,(H,17,20). The molecular formula is C15H21N3O5S. The zero-order chi connectivity index (χ0) is 17.4. The van der Waals surface area contributed by atoms with Gasteiger partial charge in [0.1, 0.15) is 0 Å². The van der Waals surface area contributed by atoms with Crippen molar-refractivity contribution in [2.24, 2.45) is 0 Å². The van der Waals surface area contributed by atoms with Gasteiger partial charge in [-0.05, 0) is 12.1 Å². The van der Waals surface area contributed by atoms with Gasteiger partial charge in [0.15, 0.2) is 5.78 Å². The first-order valence-electron chi connectivity index (χ1n) is 7.74. The molecule has 8 nitrogen and oxygen atoms in total. The number of Topliss-reactive ketones (excluding diaryl/α,β-unsaturated/α-hetero) is 1. The summed E-state index contributed by atoms with van der Waals surface area (Å²) < 4.78 is 30.6. The van der Waals surface area contributed by atoms with Gasteiger partial charge >= 0.3 is 0 Å². The van der Waals surface area contributed by atoms with Crippen molar-refractivity contribution in [3.05, 3.63) is 30.1 Å². The van der Waals surface area contributed by atoms with Crippen LogP contribution in [0.2, 0.25) is 0 Å². The fourth-order valence-electron chi connectivity index (χ4n) is 2.26. The highest BCUT2D eigenvalue weighted by Crippen LogP contribution is 2.06. The van der Waals surface area contributed by atoms with Crippen molar-refractivity contribution in [2.75, 3.05) is 38.6 Å². The Morgan fingerprint density at radius 1 is 1.25 bits per heavy atom. The molecule has 0 radical (unpaired) electrons. The second-order valence-corrected chi connectivity index (χ2v) is 7.43. The molecule has 0 atom stereocenters. The molecule has 1 aliphatic heterocycles. The molecule has 132 valence electrons. The van der Waals surface area contributed by atoms with E-state index in [9.17, 15) is 18.0 Å². The average Bonchev–Trinajstić information content (AvgIpc) is 2.61. The highest BCUT2D eigenvalue weighted by atomic mass is 32.2. The van der Waals surface area contributed by atoms with Crippen molar-refractivity contribution in [2.45, 2.75) is 12.8 Å². The van der Waals surface area contributed by atoms with Crippen molar-refractivity contribution in [3.63, 3.8) is 0 Å². The van der Waals surface area contributed by atoms with Crippen molar-refractivity contribution in [1.82, 2.24) is 14.6 Å². The molecule has 0 aliphatic carbocycles. The number of aromatic nitrogens is 1. The highest BCUT2D eigenvalue weighted by molar-refractivity contribution is 7.89. The molecule has 9 heteroatoms. The quantitative estimate of drug-likeness (QED) is 0.649. The number of ether oxygens (including phenoxy) is 1. The predicted molar refractivity (Wildman–Crippen MR) is 87.0 cm³/mol. The molecule has 1 amide bonds. The van der Waals surface area contributed by atoms with Gasteiger partial charge in [0.25, 0.3) is 0 Å². The summed E-state index contributed by atoms with van der Waals surface area (Å²) in [6, 6.07) is 3.30. The largest absolute Gasteiger partial charge is 0.379 e. The van der Waals surface area contributed by atoms with Crippen molar-refractivity contribution in [3.8, 4) is 0 Å². The van der Waals surface area contributed by atoms with Crippen LogP contribution in [0.25, 0.3) is 0 Å². The van der Waals surface area contributed by atoms with E-state index >= 15 is 0 Å². The first kappa shape index (κ1) is 18.5. The molecule has 1 N–H and O–H groups in total. The molecule has 1 aliphatic rings. The van der Waals surface area contributed by atoms with Gasteiger partial charge in [0, 0.05) is 50.4 Å². The fraction of sp³-hybridized carbons (Fsp3) is 0.533. The van der Waals surface area contributed by atoms with Crippen LogP contribution in [0.3, 0.4) is 0 Å². The molecule has 1 fully saturated rings. The molecule has 1 saturated heterocycles. The number of rotatable bonds is 8. The Morgan fingerprint density at radius 2 is 2.00 bits per heavy atom. The van der Waals surface area contributed by atoms with E-state index < -0.39 is 10.0 Å². The van der Waals surface area contributed by atoms with Crippen LogP contribution in [0, 0.1) is 0 Å². The summed E-state index contributed by atoms with van der Waals surface area (Å²) in [5.74, 6) is -0.668. The maximum Gasteiger partial charge on any atom is 0.220 e. The van der Waals surface area contributed by atoms with Crippen molar-refractivity contribution >= 4 is 21.7 Å². The molecule has 0 bridgehead atoms. The Kier molecular flexibility index (Phi) is 6.83. The third kappa shape index (κ3) is 5.66. The SMILES string of the molecule is O=C(CCC(=O)c1cccnc1)NCCS(=O)(=O)N1CCOCC1. The molecule has 24 heavy (non-hydrogen) atoms. The average molecular weight is 355 g/mol. The predicted octanol–water partition coefficient (Wildman–Crippen LogP) is -0.177. The molecule has 0 aromatic carbocycles. The van der Waals surface area contributed by atoms with Crippen molar-refractivity contribution in [1.29, 1.82) is 0 Å². The Labute approximate surface area is 141 Å². The van der Waals surface area contributed by atoms with Gasteiger partial charge in [-0.1, -0.05) is 0 Å². The zero-order valence-electron chi connectivity index (χ0n) is 13.3. The van der Waals surface area contributed by atoms with Crippen molar-refractivity contribution < 1.29 is 22.7 Å². The summed E-state index contributed by atoms with van der Waals surface area (Å²) in [7, 11) is -3.39. The zero-order valence-corrected chi connectivity index (χ0v) is 14.1. The second-order valence-electron chi connectivity index (χ2n) is 5.34. The summed E-state index contributed by atoms with van der Waals surface area (Å²) in [6.45, 7) is 1.50. The number of nitrogens with one attached hydrogen (secondary N) is 1. The number of hydrogen-bond acceptors (Lipinski definition) is 6. The third-order valence-electron chi connectivity index (χ3n) is 3.61. The summed E-state index contributed by atoms with van der Waals surface area (Å²) in [4.78, 5) is 27.4. The number of amides is 1. The maximum absolute atomic E-state index is 12.1. The minimum atomic E-state index is -3.39. The Hall–Kier alpha value is -1.84. The Bertz CT molecular complexity index is 657. The van der Waals surface area contributed by atoms with E-state index in [-0.39, 0.29) is 36.8 Å². The summed E-state index contributed by atoms with van der Waals surface area (Å²) in [5.41, 5.74) is 0.459. The molecule has 1 aromatic heterocycles. The van der Waals surface area contributed by atoms with E-state index in [4.69, 9.17) is 4.74 Å². The van der Waals surface area contributed by atoms with Crippen LogP contribution in [0.4, 0.5) is 0 Å². The van der Waals surface area contributed by atoms with Gasteiger partial charge < -0.3 is 10.1 Å². The number of ketones is 1. The molecule has 0 spiro atoms. The van der Waals surface area contributed by atoms with Crippen LogP contribution in [-0.4, -0.2) is 68.0 Å². The minimum Gasteiger partial charge on any atom is -0.379 e. The number of carbonyl (C=O) groups is 2. The summed E-state index contributed by atoms with van der Waals surface area (Å²) in [5, 5.41) is 2.54. The second kappa shape index (κ2) is 8.86. The third-order valence-corrected chi connectivity index (χ3v) is 5.48. The van der Waals surface area contributed by atoms with Gasteiger partial charge in [-0.3, -0.25) is 14.6 Å². The number of hydrogen-bond donors (Lipinski definition) is 1. The van der Waals surface area contributed by atoms with Crippen LogP contribution < -0.4 is 5.32 Å². The Morgan fingerprint density at radius 3 is 2.67 bits per heavy atom. The lowest BCUT2D eigenvalue weighted by atomic mass is 10.1.